The van der Waals surface area contributed by atoms with Crippen molar-refractivity contribution >= 4 is 21.7 Å². The summed E-state index contributed by atoms with van der Waals surface area (Å²) < 4.78 is 0.848. The molecule has 5 heteroatoms. The van der Waals surface area contributed by atoms with Gasteiger partial charge >= 0.3 is 0 Å². The Kier molecular flexibility index (Phi) is 6.57. The zero-order valence-corrected chi connectivity index (χ0v) is 13.3. The molecule has 1 aromatic rings. The van der Waals surface area contributed by atoms with Gasteiger partial charge in [-0.05, 0) is 43.2 Å². The molecule has 1 heterocycles. The van der Waals surface area contributed by atoms with Gasteiger partial charge in [0.05, 0.1) is 0 Å². The number of aryl methyl sites for hydroxylation is 1. The summed E-state index contributed by atoms with van der Waals surface area (Å²) in [6.07, 6.45) is 1.98. The van der Waals surface area contributed by atoms with Gasteiger partial charge in [-0.1, -0.05) is 6.92 Å². The molecule has 1 N–H and O–H groups in total. The van der Waals surface area contributed by atoms with E-state index in [1.807, 2.05) is 6.07 Å². The molecule has 0 spiro atoms. The van der Waals surface area contributed by atoms with E-state index in [1.165, 1.54) is 0 Å². The molecule has 0 aliphatic heterocycles. The molecular weight excluding hydrogens is 292 g/mol. The van der Waals surface area contributed by atoms with Crippen molar-refractivity contribution in [3.8, 4) is 0 Å². The van der Waals surface area contributed by atoms with Crippen LogP contribution in [0.1, 0.15) is 33.0 Å². The number of nitrogens with one attached hydrogen (secondary N) is 1. The fourth-order valence-electron chi connectivity index (χ4n) is 1.51. The van der Waals surface area contributed by atoms with Gasteiger partial charge in [0.15, 0.2) is 0 Å². The standard InChI is InChI=1S/C13H23BrN4/c1-5-6-12-16-11(14)9-13(17-12)15-7-8-18(4)10(2)3/h9-10H,5-8H2,1-4H3,(H,15,16,17). The number of hydrogen-bond donors (Lipinski definition) is 1. The second kappa shape index (κ2) is 7.69. The molecule has 0 unspecified atom stereocenters. The number of hydrogen-bond acceptors (Lipinski definition) is 4. The minimum atomic E-state index is 0.569. The number of rotatable bonds is 7. The van der Waals surface area contributed by atoms with Crippen LogP contribution in [0.5, 0.6) is 0 Å². The lowest BCUT2D eigenvalue weighted by Crippen LogP contribution is -2.31. The summed E-state index contributed by atoms with van der Waals surface area (Å²) in [4.78, 5) is 11.1. The maximum absolute atomic E-state index is 4.49. The second-order valence-electron chi connectivity index (χ2n) is 4.74. The highest BCUT2D eigenvalue weighted by Crippen LogP contribution is 2.13. The van der Waals surface area contributed by atoms with Crippen LogP contribution < -0.4 is 5.32 Å². The van der Waals surface area contributed by atoms with Crippen molar-refractivity contribution in [2.24, 2.45) is 0 Å². The molecule has 0 amide bonds. The first-order valence-corrected chi connectivity index (χ1v) is 7.29. The Hall–Kier alpha value is -0.680. The Morgan fingerprint density at radius 2 is 2.11 bits per heavy atom. The van der Waals surface area contributed by atoms with Crippen molar-refractivity contribution in [2.45, 2.75) is 39.7 Å². The van der Waals surface area contributed by atoms with Gasteiger partial charge in [-0.3, -0.25) is 0 Å². The molecule has 0 saturated heterocycles. The number of halogens is 1. The summed E-state index contributed by atoms with van der Waals surface area (Å²) in [6.45, 7) is 8.42. The lowest BCUT2D eigenvalue weighted by molar-refractivity contribution is 0.284. The zero-order valence-electron chi connectivity index (χ0n) is 11.7. The average Bonchev–Trinajstić information content (AvgIpc) is 2.28. The van der Waals surface area contributed by atoms with Crippen molar-refractivity contribution in [1.82, 2.24) is 14.9 Å². The van der Waals surface area contributed by atoms with E-state index < -0.39 is 0 Å². The van der Waals surface area contributed by atoms with Crippen LogP contribution in [0.3, 0.4) is 0 Å². The number of anilines is 1. The highest BCUT2D eigenvalue weighted by atomic mass is 79.9. The summed E-state index contributed by atoms with van der Waals surface area (Å²) in [5, 5.41) is 3.35. The van der Waals surface area contributed by atoms with Crippen molar-refractivity contribution in [3.63, 3.8) is 0 Å². The van der Waals surface area contributed by atoms with E-state index in [4.69, 9.17) is 0 Å². The van der Waals surface area contributed by atoms with Crippen LogP contribution in [-0.4, -0.2) is 41.0 Å². The fourth-order valence-corrected chi connectivity index (χ4v) is 1.93. The Morgan fingerprint density at radius 3 is 2.72 bits per heavy atom. The first kappa shape index (κ1) is 15.4. The van der Waals surface area contributed by atoms with Crippen LogP contribution in [-0.2, 0) is 6.42 Å². The fraction of sp³-hybridized carbons (Fsp3) is 0.692. The molecule has 102 valence electrons. The van der Waals surface area contributed by atoms with Crippen LogP contribution in [0.2, 0.25) is 0 Å². The normalized spacial score (nSPS) is 11.3. The first-order valence-electron chi connectivity index (χ1n) is 6.50. The van der Waals surface area contributed by atoms with Crippen molar-refractivity contribution in [1.29, 1.82) is 0 Å². The molecule has 0 saturated carbocycles. The molecule has 0 bridgehead atoms. The molecule has 0 aromatic carbocycles. The lowest BCUT2D eigenvalue weighted by Gasteiger charge is -2.21. The Balaban J connectivity index is 2.51. The number of aromatic nitrogens is 2. The largest absolute Gasteiger partial charge is 0.369 e. The molecule has 18 heavy (non-hydrogen) atoms. The topological polar surface area (TPSA) is 41.1 Å². The van der Waals surface area contributed by atoms with Gasteiger partial charge in [0.25, 0.3) is 0 Å². The number of likely N-dealkylation sites (N-methyl/N-ethyl adjacent to an activating group) is 1. The van der Waals surface area contributed by atoms with Crippen LogP contribution in [0, 0.1) is 0 Å². The summed E-state index contributed by atoms with van der Waals surface area (Å²) in [7, 11) is 2.13. The molecule has 1 aromatic heterocycles. The van der Waals surface area contributed by atoms with Gasteiger partial charge in [0.1, 0.15) is 16.2 Å². The minimum Gasteiger partial charge on any atom is -0.369 e. The summed E-state index contributed by atoms with van der Waals surface area (Å²) >= 11 is 3.43. The summed E-state index contributed by atoms with van der Waals surface area (Å²) in [5.41, 5.74) is 0. The maximum Gasteiger partial charge on any atom is 0.132 e. The zero-order chi connectivity index (χ0) is 13.5. The summed E-state index contributed by atoms with van der Waals surface area (Å²) in [5.74, 6) is 1.80. The van der Waals surface area contributed by atoms with E-state index in [1.54, 1.807) is 0 Å². The third-order valence-corrected chi connectivity index (χ3v) is 3.27. The monoisotopic (exact) mass is 314 g/mol. The highest BCUT2D eigenvalue weighted by Gasteiger charge is 2.04. The highest BCUT2D eigenvalue weighted by molar-refractivity contribution is 9.10. The SMILES string of the molecule is CCCc1nc(Br)cc(NCCN(C)C(C)C)n1. The van der Waals surface area contributed by atoms with Crippen molar-refractivity contribution < 1.29 is 0 Å². The van der Waals surface area contributed by atoms with Crippen LogP contribution in [0.15, 0.2) is 10.7 Å². The molecular formula is C13H23BrN4. The minimum absolute atomic E-state index is 0.569. The smallest absolute Gasteiger partial charge is 0.132 e. The van der Waals surface area contributed by atoms with Crippen LogP contribution in [0.25, 0.3) is 0 Å². The Morgan fingerprint density at radius 1 is 1.39 bits per heavy atom. The van der Waals surface area contributed by atoms with Gasteiger partial charge in [-0.25, -0.2) is 9.97 Å². The Bertz CT molecular complexity index is 368. The molecule has 0 aliphatic carbocycles. The predicted octanol–water partition coefficient (Wildman–Crippen LogP) is 2.94. The third kappa shape index (κ3) is 5.31. The third-order valence-electron chi connectivity index (χ3n) is 2.87. The molecule has 0 radical (unpaired) electrons. The van der Waals surface area contributed by atoms with E-state index in [0.29, 0.717) is 6.04 Å². The van der Waals surface area contributed by atoms with Gasteiger partial charge in [-0.2, -0.15) is 0 Å². The number of nitrogens with zero attached hydrogens (tertiary/aromatic N) is 3. The summed E-state index contributed by atoms with van der Waals surface area (Å²) in [6, 6.07) is 2.49. The molecule has 0 aliphatic rings. The average molecular weight is 315 g/mol. The van der Waals surface area contributed by atoms with Crippen molar-refractivity contribution in [2.75, 3.05) is 25.5 Å². The second-order valence-corrected chi connectivity index (χ2v) is 5.56. The van der Waals surface area contributed by atoms with Gasteiger partial charge < -0.3 is 10.2 Å². The molecule has 4 nitrogen and oxygen atoms in total. The van der Waals surface area contributed by atoms with E-state index >= 15 is 0 Å². The van der Waals surface area contributed by atoms with E-state index in [2.05, 4.69) is 63.9 Å². The first-order chi connectivity index (χ1) is 8.52. The molecule has 1 rings (SSSR count). The predicted molar refractivity (Wildman–Crippen MR) is 80.0 cm³/mol. The van der Waals surface area contributed by atoms with E-state index in [9.17, 15) is 0 Å². The quantitative estimate of drug-likeness (QED) is 0.786. The Labute approximate surface area is 118 Å². The molecule has 0 fully saturated rings. The van der Waals surface area contributed by atoms with Gasteiger partial charge in [0.2, 0.25) is 0 Å². The van der Waals surface area contributed by atoms with Crippen LogP contribution in [0.4, 0.5) is 5.82 Å². The van der Waals surface area contributed by atoms with Crippen LogP contribution >= 0.6 is 15.9 Å². The molecule has 0 atom stereocenters. The van der Waals surface area contributed by atoms with Gasteiger partial charge in [0, 0.05) is 31.6 Å². The maximum atomic E-state index is 4.49. The lowest BCUT2D eigenvalue weighted by atomic mass is 10.3. The van der Waals surface area contributed by atoms with E-state index in [0.717, 1.165) is 42.2 Å². The van der Waals surface area contributed by atoms with Gasteiger partial charge in [-0.15, -0.1) is 0 Å². The van der Waals surface area contributed by atoms with Crippen molar-refractivity contribution in [3.05, 3.63) is 16.5 Å². The van der Waals surface area contributed by atoms with E-state index in [-0.39, 0.29) is 0 Å².